The fourth-order valence-corrected chi connectivity index (χ4v) is 2.08. The number of amides is 1. The van der Waals surface area contributed by atoms with Gasteiger partial charge < -0.3 is 11.1 Å². The summed E-state index contributed by atoms with van der Waals surface area (Å²) in [4.78, 5) is 15.4. The van der Waals surface area contributed by atoms with Gasteiger partial charge in [0.25, 0.3) is 11.7 Å². The smallest absolute Gasteiger partial charge is 0.368 e. The van der Waals surface area contributed by atoms with Crippen LogP contribution in [0.1, 0.15) is 21.7 Å². The van der Waals surface area contributed by atoms with Gasteiger partial charge in [0.15, 0.2) is 5.82 Å². The Morgan fingerprint density at radius 3 is 2.62 bits per heavy atom. The number of hydrogen-bond donors (Lipinski definition) is 2. The van der Waals surface area contributed by atoms with Gasteiger partial charge in [0, 0.05) is 6.54 Å². The van der Waals surface area contributed by atoms with Crippen LogP contribution in [0.3, 0.4) is 0 Å². The first kappa shape index (κ1) is 17.3. The standard InChI is InChI=1S/C15H12F3N7O/c16-15(17,18)13-22-14(19)25(24-13)11-6-10(8-21-23-11)12(26)20-7-9-4-2-1-3-5-9/h1-6,8H,7H2,(H,20,26)(H2,19,22,24). The van der Waals surface area contributed by atoms with Crippen molar-refractivity contribution >= 4 is 11.9 Å². The SMILES string of the molecule is Nc1nc(C(F)(F)F)nn1-c1cc(C(=O)NCc2ccccc2)cnn1. The Labute approximate surface area is 144 Å². The van der Waals surface area contributed by atoms with E-state index < -0.39 is 23.9 Å². The first-order valence-electron chi connectivity index (χ1n) is 7.29. The van der Waals surface area contributed by atoms with Crippen LogP contribution in [0.4, 0.5) is 19.1 Å². The third-order valence-corrected chi connectivity index (χ3v) is 3.30. The number of carbonyl (C=O) groups excluding carboxylic acids is 1. The highest BCUT2D eigenvalue weighted by molar-refractivity contribution is 5.94. The average molecular weight is 363 g/mol. The van der Waals surface area contributed by atoms with E-state index in [1.807, 2.05) is 30.3 Å². The number of anilines is 1. The highest BCUT2D eigenvalue weighted by atomic mass is 19.4. The fourth-order valence-electron chi connectivity index (χ4n) is 2.08. The lowest BCUT2D eigenvalue weighted by molar-refractivity contribution is -0.144. The number of alkyl halides is 3. The number of hydrogen-bond acceptors (Lipinski definition) is 6. The van der Waals surface area contributed by atoms with Gasteiger partial charge in [-0.3, -0.25) is 4.79 Å². The molecule has 0 unspecified atom stereocenters. The molecule has 3 rings (SSSR count). The number of carbonyl (C=O) groups is 1. The highest BCUT2D eigenvalue weighted by Crippen LogP contribution is 2.27. The van der Waals surface area contributed by atoms with E-state index in [0.717, 1.165) is 5.56 Å². The summed E-state index contributed by atoms with van der Waals surface area (Å²) in [7, 11) is 0. The van der Waals surface area contributed by atoms with Crippen molar-refractivity contribution in [2.45, 2.75) is 12.7 Å². The van der Waals surface area contributed by atoms with Gasteiger partial charge in [-0.15, -0.1) is 10.2 Å². The molecule has 1 amide bonds. The number of aromatic nitrogens is 5. The Morgan fingerprint density at radius 1 is 1.23 bits per heavy atom. The number of nitrogen functional groups attached to an aromatic ring is 1. The molecule has 0 bridgehead atoms. The van der Waals surface area contributed by atoms with Gasteiger partial charge in [-0.25, -0.2) is 0 Å². The lowest BCUT2D eigenvalue weighted by Gasteiger charge is -2.06. The summed E-state index contributed by atoms with van der Waals surface area (Å²) in [6.45, 7) is 0.279. The molecule has 3 aromatic rings. The summed E-state index contributed by atoms with van der Waals surface area (Å²) in [6, 6.07) is 10.4. The first-order valence-corrected chi connectivity index (χ1v) is 7.29. The van der Waals surface area contributed by atoms with Crippen LogP contribution < -0.4 is 11.1 Å². The Hall–Kier alpha value is -3.50. The molecule has 134 valence electrons. The molecule has 8 nitrogen and oxygen atoms in total. The van der Waals surface area contributed by atoms with Gasteiger partial charge in [-0.2, -0.15) is 27.9 Å². The molecular weight excluding hydrogens is 351 g/mol. The lowest BCUT2D eigenvalue weighted by atomic mass is 10.2. The topological polar surface area (TPSA) is 112 Å². The molecule has 0 aliphatic heterocycles. The Balaban J connectivity index is 1.80. The molecule has 1 aromatic carbocycles. The Bertz CT molecular complexity index is 924. The van der Waals surface area contributed by atoms with Crippen LogP contribution >= 0.6 is 0 Å². The minimum Gasteiger partial charge on any atom is -0.368 e. The zero-order valence-electron chi connectivity index (χ0n) is 13.1. The zero-order valence-corrected chi connectivity index (χ0v) is 13.1. The average Bonchev–Trinajstić information content (AvgIpc) is 3.03. The number of nitrogens with one attached hydrogen (secondary N) is 1. The van der Waals surface area contributed by atoms with Gasteiger partial charge in [0.05, 0.1) is 11.8 Å². The number of benzene rings is 1. The molecule has 3 N–H and O–H groups in total. The maximum absolute atomic E-state index is 12.7. The predicted molar refractivity (Wildman–Crippen MR) is 84.0 cm³/mol. The molecular formula is C15H12F3N7O. The van der Waals surface area contributed by atoms with Crippen LogP contribution in [-0.4, -0.2) is 30.9 Å². The van der Waals surface area contributed by atoms with Crippen LogP contribution in [0.5, 0.6) is 0 Å². The van der Waals surface area contributed by atoms with E-state index in [0.29, 0.717) is 4.68 Å². The van der Waals surface area contributed by atoms with E-state index in [1.165, 1.54) is 12.3 Å². The minimum absolute atomic E-state index is 0.0920. The normalized spacial score (nSPS) is 11.3. The van der Waals surface area contributed by atoms with Gasteiger partial charge in [0.1, 0.15) is 0 Å². The van der Waals surface area contributed by atoms with Gasteiger partial charge in [0.2, 0.25) is 5.95 Å². The van der Waals surface area contributed by atoms with Crippen LogP contribution in [-0.2, 0) is 12.7 Å². The summed E-state index contributed by atoms with van der Waals surface area (Å²) in [6.07, 6.45) is -3.57. The van der Waals surface area contributed by atoms with Gasteiger partial charge >= 0.3 is 6.18 Å². The molecule has 0 saturated heterocycles. The molecule has 0 aliphatic rings. The molecule has 0 atom stereocenters. The third kappa shape index (κ3) is 3.77. The van der Waals surface area contributed by atoms with Crippen molar-refractivity contribution in [3.8, 4) is 5.82 Å². The predicted octanol–water partition coefficient (Wildman–Crippen LogP) is 1.59. The molecule has 11 heteroatoms. The number of halogens is 3. The van der Waals surface area contributed by atoms with E-state index in [-0.39, 0.29) is 17.9 Å². The summed E-state index contributed by atoms with van der Waals surface area (Å²) in [5, 5.41) is 13.2. The lowest BCUT2D eigenvalue weighted by Crippen LogP contribution is -2.23. The summed E-state index contributed by atoms with van der Waals surface area (Å²) in [5.41, 5.74) is 6.43. The van der Waals surface area contributed by atoms with Crippen LogP contribution in [0.2, 0.25) is 0 Å². The van der Waals surface area contributed by atoms with Crippen molar-refractivity contribution in [1.29, 1.82) is 0 Å². The van der Waals surface area contributed by atoms with E-state index in [2.05, 4.69) is 25.6 Å². The van der Waals surface area contributed by atoms with Crippen molar-refractivity contribution in [3.63, 3.8) is 0 Å². The summed E-state index contributed by atoms with van der Waals surface area (Å²) in [5.74, 6) is -2.55. The second-order valence-corrected chi connectivity index (χ2v) is 5.17. The van der Waals surface area contributed by atoms with Gasteiger partial charge in [-0.1, -0.05) is 30.3 Å². The van der Waals surface area contributed by atoms with Crippen molar-refractivity contribution in [3.05, 3.63) is 59.5 Å². The number of nitrogens with two attached hydrogens (primary N) is 1. The minimum atomic E-state index is -4.75. The van der Waals surface area contributed by atoms with Crippen molar-refractivity contribution in [2.75, 3.05) is 5.73 Å². The Morgan fingerprint density at radius 2 is 1.96 bits per heavy atom. The number of rotatable bonds is 4. The quantitative estimate of drug-likeness (QED) is 0.728. The number of nitrogens with zero attached hydrogens (tertiary/aromatic N) is 5. The summed E-state index contributed by atoms with van der Waals surface area (Å²) >= 11 is 0. The van der Waals surface area contributed by atoms with Crippen molar-refractivity contribution < 1.29 is 18.0 Å². The maximum atomic E-state index is 12.7. The van der Waals surface area contributed by atoms with Crippen LogP contribution in [0, 0.1) is 0 Å². The van der Waals surface area contributed by atoms with E-state index >= 15 is 0 Å². The molecule has 0 aliphatic carbocycles. The second kappa shape index (κ2) is 6.78. The maximum Gasteiger partial charge on any atom is 0.453 e. The van der Waals surface area contributed by atoms with Crippen LogP contribution in [0.25, 0.3) is 5.82 Å². The Kier molecular flexibility index (Phi) is 4.52. The van der Waals surface area contributed by atoms with E-state index in [9.17, 15) is 18.0 Å². The molecule has 0 fully saturated rings. The van der Waals surface area contributed by atoms with Crippen molar-refractivity contribution in [2.24, 2.45) is 0 Å². The van der Waals surface area contributed by atoms with E-state index in [4.69, 9.17) is 5.73 Å². The molecule has 2 heterocycles. The van der Waals surface area contributed by atoms with Gasteiger partial charge in [-0.05, 0) is 11.6 Å². The molecule has 26 heavy (non-hydrogen) atoms. The molecule has 0 radical (unpaired) electrons. The molecule has 0 spiro atoms. The van der Waals surface area contributed by atoms with Crippen molar-refractivity contribution in [1.82, 2.24) is 30.3 Å². The van der Waals surface area contributed by atoms with E-state index in [1.54, 1.807) is 0 Å². The monoisotopic (exact) mass is 363 g/mol. The zero-order chi connectivity index (χ0) is 18.7. The highest BCUT2D eigenvalue weighted by Gasteiger charge is 2.37. The largest absolute Gasteiger partial charge is 0.453 e. The first-order chi connectivity index (χ1) is 12.3. The molecule has 2 aromatic heterocycles. The fraction of sp³-hybridized carbons (Fsp3) is 0.133. The second-order valence-electron chi connectivity index (χ2n) is 5.17. The van der Waals surface area contributed by atoms with Crippen LogP contribution in [0.15, 0.2) is 42.6 Å². The third-order valence-electron chi connectivity index (χ3n) is 3.30. The molecule has 0 saturated carbocycles. The summed E-state index contributed by atoms with van der Waals surface area (Å²) < 4.78 is 38.7.